The molecule has 3 nitrogen and oxygen atoms in total. The number of halogens is 1. The van der Waals surface area contributed by atoms with E-state index in [1.165, 1.54) is 32.1 Å². The van der Waals surface area contributed by atoms with Crippen LogP contribution in [-0.2, 0) is 4.79 Å². The van der Waals surface area contributed by atoms with Crippen molar-refractivity contribution in [1.29, 1.82) is 0 Å². The molecule has 0 spiro atoms. The van der Waals surface area contributed by atoms with Crippen molar-refractivity contribution in [1.82, 2.24) is 0 Å². The van der Waals surface area contributed by atoms with E-state index in [2.05, 4.69) is 22.6 Å². The Morgan fingerprint density at radius 3 is 2.80 bits per heavy atom. The van der Waals surface area contributed by atoms with Gasteiger partial charge in [0.25, 0.3) is 5.91 Å². The first-order valence-corrected chi connectivity index (χ1v) is 8.50. The molecule has 4 heteroatoms. The second-order valence-corrected chi connectivity index (χ2v) is 7.07. The van der Waals surface area contributed by atoms with Crippen LogP contribution in [0.15, 0.2) is 18.2 Å². The van der Waals surface area contributed by atoms with Gasteiger partial charge in [0.15, 0.2) is 6.10 Å². The van der Waals surface area contributed by atoms with Crippen LogP contribution in [0.1, 0.15) is 39.0 Å². The number of benzene rings is 1. The lowest BCUT2D eigenvalue weighted by Crippen LogP contribution is -2.46. The zero-order valence-electron chi connectivity index (χ0n) is 11.8. The third kappa shape index (κ3) is 2.80. The van der Waals surface area contributed by atoms with Gasteiger partial charge in [-0.15, -0.1) is 0 Å². The highest BCUT2D eigenvalue weighted by molar-refractivity contribution is 14.1. The van der Waals surface area contributed by atoms with Crippen LogP contribution < -0.4 is 9.64 Å². The lowest BCUT2D eigenvalue weighted by Gasteiger charge is -2.36. The van der Waals surface area contributed by atoms with Crippen LogP contribution in [0.4, 0.5) is 5.69 Å². The third-order valence-corrected chi connectivity index (χ3v) is 4.97. The lowest BCUT2D eigenvalue weighted by molar-refractivity contribution is -0.125. The van der Waals surface area contributed by atoms with Crippen LogP contribution in [0.2, 0.25) is 0 Å². The molecule has 3 rings (SSSR count). The summed E-state index contributed by atoms with van der Waals surface area (Å²) in [6.45, 7) is 2.69. The molecule has 0 radical (unpaired) electrons. The molecule has 20 heavy (non-hydrogen) atoms. The monoisotopic (exact) mass is 385 g/mol. The van der Waals surface area contributed by atoms with Crippen molar-refractivity contribution in [3.05, 3.63) is 21.8 Å². The van der Waals surface area contributed by atoms with Gasteiger partial charge in [-0.1, -0.05) is 19.3 Å². The first-order chi connectivity index (χ1) is 9.65. The molecule has 1 aromatic rings. The Hall–Kier alpha value is -0.780. The number of fused-ring (bicyclic) bond motifs is 1. The number of carbonyl (C=O) groups is 1. The van der Waals surface area contributed by atoms with Gasteiger partial charge in [-0.05, 0) is 66.5 Å². The number of amides is 1. The van der Waals surface area contributed by atoms with Gasteiger partial charge in [-0.3, -0.25) is 4.79 Å². The van der Waals surface area contributed by atoms with Crippen molar-refractivity contribution in [3.8, 4) is 5.75 Å². The quantitative estimate of drug-likeness (QED) is 0.721. The molecule has 1 saturated carbocycles. The van der Waals surface area contributed by atoms with Crippen molar-refractivity contribution in [2.45, 2.75) is 45.1 Å². The highest BCUT2D eigenvalue weighted by Crippen LogP contribution is 2.37. The van der Waals surface area contributed by atoms with Crippen molar-refractivity contribution in [2.75, 3.05) is 11.4 Å². The van der Waals surface area contributed by atoms with Gasteiger partial charge in [0.1, 0.15) is 5.75 Å². The van der Waals surface area contributed by atoms with E-state index in [0.29, 0.717) is 5.92 Å². The number of nitrogens with zero attached hydrogens (tertiary/aromatic N) is 1. The normalized spacial score (nSPS) is 23.4. The van der Waals surface area contributed by atoms with Gasteiger partial charge >= 0.3 is 0 Å². The maximum absolute atomic E-state index is 12.4. The summed E-state index contributed by atoms with van der Waals surface area (Å²) in [6.07, 6.45) is 6.08. The molecule has 1 amide bonds. The fourth-order valence-corrected chi connectivity index (χ4v) is 3.66. The predicted molar refractivity (Wildman–Crippen MR) is 88.2 cm³/mol. The standard InChI is InChI=1S/C16H20INO2/c1-11-16(19)18(10-12-5-3-2-4-6-12)14-8-7-13(17)9-15(14)20-11/h7-9,11-12H,2-6,10H2,1H3. The molecule has 108 valence electrons. The molecule has 1 fully saturated rings. The Labute approximate surface area is 133 Å². The molecule has 0 N–H and O–H groups in total. The Kier molecular flexibility index (Phi) is 4.19. The van der Waals surface area contributed by atoms with Crippen LogP contribution in [-0.4, -0.2) is 18.6 Å². The Balaban J connectivity index is 1.86. The zero-order chi connectivity index (χ0) is 14.1. The molecule has 1 unspecified atom stereocenters. The molecule has 1 aliphatic carbocycles. The van der Waals surface area contributed by atoms with Crippen molar-refractivity contribution < 1.29 is 9.53 Å². The van der Waals surface area contributed by atoms with E-state index >= 15 is 0 Å². The van der Waals surface area contributed by atoms with Crippen LogP contribution in [0.25, 0.3) is 0 Å². The smallest absolute Gasteiger partial charge is 0.267 e. The SMILES string of the molecule is CC1Oc2cc(I)ccc2N(CC2CCCCC2)C1=O. The predicted octanol–water partition coefficient (Wildman–Crippen LogP) is 3.99. The number of rotatable bonds is 2. The van der Waals surface area contributed by atoms with Crippen LogP contribution >= 0.6 is 22.6 Å². The number of carbonyl (C=O) groups excluding carboxylic acids is 1. The average Bonchev–Trinajstić information content (AvgIpc) is 2.45. The summed E-state index contributed by atoms with van der Waals surface area (Å²) in [4.78, 5) is 14.4. The Morgan fingerprint density at radius 2 is 2.05 bits per heavy atom. The number of ether oxygens (including phenoxy) is 1. The third-order valence-electron chi connectivity index (χ3n) is 4.30. The molecule has 0 saturated heterocycles. The van der Waals surface area contributed by atoms with Gasteiger partial charge in [0, 0.05) is 10.1 Å². The molecule has 1 heterocycles. The summed E-state index contributed by atoms with van der Waals surface area (Å²) in [5.74, 6) is 1.59. The van der Waals surface area contributed by atoms with Gasteiger partial charge < -0.3 is 9.64 Å². The van der Waals surface area contributed by atoms with E-state index in [-0.39, 0.29) is 12.0 Å². The van der Waals surface area contributed by atoms with E-state index in [1.54, 1.807) is 0 Å². The summed E-state index contributed by atoms with van der Waals surface area (Å²) >= 11 is 2.28. The van der Waals surface area contributed by atoms with Crippen LogP contribution in [0.3, 0.4) is 0 Å². The summed E-state index contributed by atoms with van der Waals surface area (Å²) in [6, 6.07) is 6.08. The second kappa shape index (κ2) is 5.92. The molecule has 0 aromatic heterocycles. The van der Waals surface area contributed by atoms with E-state index < -0.39 is 0 Å². The van der Waals surface area contributed by atoms with E-state index in [0.717, 1.165) is 21.6 Å². The molecule has 1 aliphatic heterocycles. The minimum atomic E-state index is -0.371. The largest absolute Gasteiger partial charge is 0.479 e. The molecular weight excluding hydrogens is 365 g/mol. The fourth-order valence-electron chi connectivity index (χ4n) is 3.20. The molecular formula is C16H20INO2. The van der Waals surface area contributed by atoms with Gasteiger partial charge in [0.05, 0.1) is 5.69 Å². The average molecular weight is 385 g/mol. The Morgan fingerprint density at radius 1 is 1.30 bits per heavy atom. The Bertz CT molecular complexity index is 511. The van der Waals surface area contributed by atoms with Gasteiger partial charge in [-0.2, -0.15) is 0 Å². The van der Waals surface area contributed by atoms with Crippen LogP contribution in [0, 0.1) is 9.49 Å². The number of hydrogen-bond acceptors (Lipinski definition) is 2. The van der Waals surface area contributed by atoms with Crippen LogP contribution in [0.5, 0.6) is 5.75 Å². The fraction of sp³-hybridized carbons (Fsp3) is 0.562. The van der Waals surface area contributed by atoms with Crippen molar-refractivity contribution in [2.24, 2.45) is 5.92 Å². The summed E-state index contributed by atoms with van der Waals surface area (Å²) in [5.41, 5.74) is 0.944. The lowest BCUT2D eigenvalue weighted by atomic mass is 9.88. The molecule has 1 aromatic carbocycles. The first-order valence-electron chi connectivity index (χ1n) is 7.43. The van der Waals surface area contributed by atoms with E-state index in [9.17, 15) is 4.79 Å². The maximum Gasteiger partial charge on any atom is 0.267 e. The van der Waals surface area contributed by atoms with Gasteiger partial charge in [-0.25, -0.2) is 0 Å². The highest BCUT2D eigenvalue weighted by Gasteiger charge is 2.33. The minimum absolute atomic E-state index is 0.101. The minimum Gasteiger partial charge on any atom is -0.479 e. The maximum atomic E-state index is 12.4. The molecule has 1 atom stereocenters. The molecule has 2 aliphatic rings. The van der Waals surface area contributed by atoms with E-state index in [1.807, 2.05) is 30.0 Å². The zero-order valence-corrected chi connectivity index (χ0v) is 13.9. The number of hydrogen-bond donors (Lipinski definition) is 0. The van der Waals surface area contributed by atoms with Crippen molar-refractivity contribution in [3.63, 3.8) is 0 Å². The van der Waals surface area contributed by atoms with Crippen molar-refractivity contribution >= 4 is 34.2 Å². The second-order valence-electron chi connectivity index (χ2n) is 5.83. The first kappa shape index (κ1) is 14.2. The van der Waals surface area contributed by atoms with Gasteiger partial charge in [0.2, 0.25) is 0 Å². The van der Waals surface area contributed by atoms with E-state index in [4.69, 9.17) is 4.74 Å². The highest BCUT2D eigenvalue weighted by atomic mass is 127. The topological polar surface area (TPSA) is 29.5 Å². The summed E-state index contributed by atoms with van der Waals surface area (Å²) in [7, 11) is 0. The summed E-state index contributed by atoms with van der Waals surface area (Å²) < 4.78 is 6.89. The number of anilines is 1. The summed E-state index contributed by atoms with van der Waals surface area (Å²) in [5, 5.41) is 0. The molecule has 0 bridgehead atoms.